The van der Waals surface area contributed by atoms with Crippen LogP contribution in [0, 0.1) is 5.82 Å². The quantitative estimate of drug-likeness (QED) is 0.772. The molecule has 1 nitrogen and oxygen atoms in total. The predicted octanol–water partition coefficient (Wildman–Crippen LogP) is 4.66. The molecule has 0 aromatic heterocycles. The van der Waals surface area contributed by atoms with Gasteiger partial charge in [0.2, 0.25) is 0 Å². The minimum atomic E-state index is -0.212. The monoisotopic (exact) mass is 333 g/mol. The zero-order chi connectivity index (χ0) is 13.3. The maximum absolute atomic E-state index is 14.0. The first-order valence-electron chi connectivity index (χ1n) is 6.28. The number of nitrogens with one attached hydrogen (secondary N) is 1. The van der Waals surface area contributed by atoms with Crippen LogP contribution in [0.4, 0.5) is 4.39 Å². The van der Waals surface area contributed by atoms with Crippen LogP contribution in [0.15, 0.2) is 16.6 Å². The van der Waals surface area contributed by atoms with Crippen LogP contribution in [0.5, 0.6) is 0 Å². The van der Waals surface area contributed by atoms with Gasteiger partial charge >= 0.3 is 0 Å². The van der Waals surface area contributed by atoms with E-state index in [4.69, 9.17) is 11.6 Å². The number of benzene rings is 1. The zero-order valence-electron chi connectivity index (χ0n) is 10.7. The van der Waals surface area contributed by atoms with Crippen LogP contribution in [0.25, 0.3) is 0 Å². The summed E-state index contributed by atoms with van der Waals surface area (Å²) < 4.78 is 14.6. The summed E-state index contributed by atoms with van der Waals surface area (Å²) in [5.74, 6) is -0.192. The molecule has 0 atom stereocenters. The number of halogens is 3. The molecule has 4 heteroatoms. The van der Waals surface area contributed by atoms with Crippen molar-refractivity contribution in [3.8, 4) is 0 Å². The van der Waals surface area contributed by atoms with E-state index < -0.39 is 0 Å². The molecular weight excluding hydrogens is 317 g/mol. The molecule has 0 aliphatic heterocycles. The van der Waals surface area contributed by atoms with Gasteiger partial charge in [-0.05, 0) is 64.8 Å². The Labute approximate surface area is 121 Å². The van der Waals surface area contributed by atoms with E-state index in [2.05, 4.69) is 35.1 Å². The summed E-state index contributed by atoms with van der Waals surface area (Å²) in [6.45, 7) is 5.04. The molecule has 0 radical (unpaired) electrons. The van der Waals surface area contributed by atoms with E-state index in [-0.39, 0.29) is 11.2 Å². The molecule has 0 saturated heterocycles. The lowest BCUT2D eigenvalue weighted by Crippen LogP contribution is -2.27. The molecule has 1 aliphatic carbocycles. The van der Waals surface area contributed by atoms with Crippen LogP contribution in [0.1, 0.15) is 38.7 Å². The van der Waals surface area contributed by atoms with Gasteiger partial charge in [0.1, 0.15) is 5.82 Å². The van der Waals surface area contributed by atoms with Crippen molar-refractivity contribution in [3.63, 3.8) is 0 Å². The highest BCUT2D eigenvalue weighted by atomic mass is 79.9. The van der Waals surface area contributed by atoms with Gasteiger partial charge in [-0.15, -0.1) is 0 Å². The number of hydrogen-bond acceptors (Lipinski definition) is 1. The average Bonchev–Trinajstić information content (AvgIpc) is 3.07. The molecule has 1 fully saturated rings. The van der Waals surface area contributed by atoms with Gasteiger partial charge in [-0.1, -0.05) is 25.4 Å². The maximum Gasteiger partial charge on any atom is 0.128 e. The average molecular weight is 335 g/mol. The molecule has 18 heavy (non-hydrogen) atoms. The number of hydrogen-bond donors (Lipinski definition) is 1. The third-order valence-electron chi connectivity index (χ3n) is 3.50. The zero-order valence-corrected chi connectivity index (χ0v) is 13.0. The molecule has 0 amide bonds. The first-order valence-corrected chi connectivity index (χ1v) is 7.45. The first-order chi connectivity index (χ1) is 8.40. The summed E-state index contributed by atoms with van der Waals surface area (Å²) in [6, 6.07) is 3.88. The van der Waals surface area contributed by atoms with E-state index in [0.29, 0.717) is 21.1 Å². The summed E-state index contributed by atoms with van der Waals surface area (Å²) in [4.78, 5) is 0. The molecule has 1 aromatic rings. The lowest BCUT2D eigenvalue weighted by atomic mass is 9.81. The summed E-state index contributed by atoms with van der Waals surface area (Å²) >= 11 is 9.30. The van der Waals surface area contributed by atoms with Gasteiger partial charge in [0.05, 0.1) is 5.02 Å². The first kappa shape index (κ1) is 14.3. The second kappa shape index (κ2) is 5.48. The van der Waals surface area contributed by atoms with Crippen molar-refractivity contribution in [3.05, 3.63) is 33.0 Å². The van der Waals surface area contributed by atoms with Gasteiger partial charge < -0.3 is 5.32 Å². The fourth-order valence-electron chi connectivity index (χ4n) is 2.05. The topological polar surface area (TPSA) is 12.0 Å². The third kappa shape index (κ3) is 3.46. The largest absolute Gasteiger partial charge is 0.314 e. The minimum Gasteiger partial charge on any atom is -0.314 e. The van der Waals surface area contributed by atoms with Crippen LogP contribution in [-0.4, -0.2) is 12.6 Å². The van der Waals surface area contributed by atoms with Crippen molar-refractivity contribution >= 4 is 27.5 Å². The molecule has 2 rings (SSSR count). The minimum absolute atomic E-state index is 0.192. The molecule has 1 aliphatic rings. The summed E-state index contributed by atoms with van der Waals surface area (Å²) in [5.41, 5.74) is 0.476. The molecule has 1 aromatic carbocycles. The summed E-state index contributed by atoms with van der Waals surface area (Å²) in [5, 5.41) is 4.03. The van der Waals surface area contributed by atoms with Crippen LogP contribution >= 0.6 is 27.5 Å². The molecule has 0 heterocycles. The van der Waals surface area contributed by atoms with E-state index in [1.807, 2.05) is 0 Å². The van der Waals surface area contributed by atoms with Crippen LogP contribution in [0.2, 0.25) is 5.02 Å². The highest BCUT2D eigenvalue weighted by Gasteiger charge is 2.26. The standard InChI is InChI=1S/C14H18BrClFN/c1-14(2,5-6-18-9-3-4-9)10-7-12(16)11(15)8-13(10)17/h7-9,18H,3-6H2,1-2H3. The van der Waals surface area contributed by atoms with Crippen molar-refractivity contribution in [2.75, 3.05) is 6.54 Å². The van der Waals surface area contributed by atoms with Crippen LogP contribution < -0.4 is 5.32 Å². The molecule has 0 unspecified atom stereocenters. The molecule has 0 bridgehead atoms. The van der Waals surface area contributed by atoms with Gasteiger partial charge in [-0.2, -0.15) is 0 Å². The van der Waals surface area contributed by atoms with E-state index in [0.717, 1.165) is 13.0 Å². The van der Waals surface area contributed by atoms with Gasteiger partial charge in [0.25, 0.3) is 0 Å². The van der Waals surface area contributed by atoms with Gasteiger partial charge in [-0.25, -0.2) is 4.39 Å². The van der Waals surface area contributed by atoms with Gasteiger partial charge in [0.15, 0.2) is 0 Å². The van der Waals surface area contributed by atoms with Gasteiger partial charge in [0, 0.05) is 10.5 Å². The lowest BCUT2D eigenvalue weighted by Gasteiger charge is -2.26. The Morgan fingerprint density at radius 3 is 2.72 bits per heavy atom. The summed E-state index contributed by atoms with van der Waals surface area (Å²) in [6.07, 6.45) is 3.45. The Bertz CT molecular complexity index is 444. The molecule has 0 spiro atoms. The van der Waals surface area contributed by atoms with Crippen LogP contribution in [-0.2, 0) is 5.41 Å². The Kier molecular flexibility index (Phi) is 4.35. The molecule has 1 saturated carbocycles. The normalized spacial score (nSPS) is 16.1. The smallest absolute Gasteiger partial charge is 0.128 e. The third-order valence-corrected chi connectivity index (χ3v) is 4.70. The predicted molar refractivity (Wildman–Crippen MR) is 77.8 cm³/mol. The van der Waals surface area contributed by atoms with E-state index in [1.165, 1.54) is 18.9 Å². The van der Waals surface area contributed by atoms with E-state index in [1.54, 1.807) is 6.07 Å². The Morgan fingerprint density at radius 1 is 1.44 bits per heavy atom. The van der Waals surface area contributed by atoms with Gasteiger partial charge in [-0.3, -0.25) is 0 Å². The van der Waals surface area contributed by atoms with E-state index in [9.17, 15) is 4.39 Å². The Morgan fingerprint density at radius 2 is 2.11 bits per heavy atom. The fraction of sp³-hybridized carbons (Fsp3) is 0.571. The fourth-order valence-corrected chi connectivity index (χ4v) is 2.53. The Hall–Kier alpha value is -0.120. The van der Waals surface area contributed by atoms with Crippen molar-refractivity contribution in [2.24, 2.45) is 0 Å². The van der Waals surface area contributed by atoms with E-state index >= 15 is 0 Å². The van der Waals surface area contributed by atoms with Crippen molar-refractivity contribution < 1.29 is 4.39 Å². The van der Waals surface area contributed by atoms with Crippen molar-refractivity contribution in [1.82, 2.24) is 5.32 Å². The Balaban J connectivity index is 2.09. The van der Waals surface area contributed by atoms with Crippen LogP contribution in [0.3, 0.4) is 0 Å². The highest BCUT2D eigenvalue weighted by molar-refractivity contribution is 9.10. The lowest BCUT2D eigenvalue weighted by molar-refractivity contribution is 0.433. The second-order valence-corrected chi connectivity index (χ2v) is 6.87. The maximum atomic E-state index is 14.0. The molecule has 1 N–H and O–H groups in total. The number of rotatable bonds is 5. The van der Waals surface area contributed by atoms with Crippen molar-refractivity contribution in [2.45, 2.75) is 44.6 Å². The summed E-state index contributed by atoms with van der Waals surface area (Å²) in [7, 11) is 0. The SMILES string of the molecule is CC(C)(CCNC1CC1)c1cc(Cl)c(Br)cc1F. The van der Waals surface area contributed by atoms with Crippen molar-refractivity contribution in [1.29, 1.82) is 0 Å². The molecule has 100 valence electrons. The highest BCUT2D eigenvalue weighted by Crippen LogP contribution is 2.34. The molecular formula is C14H18BrClFN. The second-order valence-electron chi connectivity index (χ2n) is 5.61.